The number of allylic oxidation sites excluding steroid dienone is 2. The topological polar surface area (TPSA) is 0 Å². The Morgan fingerprint density at radius 2 is 1.41 bits per heavy atom. The van der Waals surface area contributed by atoms with E-state index in [0.29, 0.717) is 18.4 Å². The van der Waals surface area contributed by atoms with Crippen molar-refractivity contribution in [1.29, 1.82) is 0 Å². The molecule has 9 heteroatoms. The maximum Gasteiger partial charge on any atom is 0.460 e. The maximum atomic E-state index is 13.9. The van der Waals surface area contributed by atoms with Crippen molar-refractivity contribution in [3.8, 4) is 11.8 Å². The molecule has 0 nitrogen and oxygen atoms in total. The molecule has 0 aliphatic carbocycles. The van der Waals surface area contributed by atoms with Crippen molar-refractivity contribution in [3.05, 3.63) is 47.5 Å². The highest BCUT2D eigenvalue weighted by Crippen LogP contribution is 2.53. The molecule has 0 fully saturated rings. The number of rotatable bonds is 8. The third-order valence-electron chi connectivity index (χ3n) is 3.97. The molecule has 0 unspecified atom stereocenters. The van der Waals surface area contributed by atoms with Gasteiger partial charge in [0.25, 0.3) is 0 Å². The van der Waals surface area contributed by atoms with Gasteiger partial charge in [-0.1, -0.05) is 56.2 Å². The van der Waals surface area contributed by atoms with Crippen LogP contribution in [0.4, 0.5) is 39.5 Å². The van der Waals surface area contributed by atoms with Crippen LogP contribution in [-0.4, -0.2) is 23.9 Å². The van der Waals surface area contributed by atoms with Crippen molar-refractivity contribution in [2.45, 2.75) is 63.0 Å². The predicted molar refractivity (Wildman–Crippen MR) is 91.1 cm³/mol. The Morgan fingerprint density at radius 1 is 0.828 bits per heavy atom. The molecule has 162 valence electrons. The van der Waals surface area contributed by atoms with E-state index in [1.54, 1.807) is 18.2 Å². The van der Waals surface area contributed by atoms with Crippen LogP contribution in [0.3, 0.4) is 0 Å². The molecule has 0 saturated carbocycles. The zero-order chi connectivity index (χ0) is 22.3. The molecule has 0 spiro atoms. The van der Waals surface area contributed by atoms with Crippen molar-refractivity contribution in [2.75, 3.05) is 0 Å². The molecule has 0 atom stereocenters. The summed E-state index contributed by atoms with van der Waals surface area (Å²) in [4.78, 5) is 0. The van der Waals surface area contributed by atoms with Crippen LogP contribution < -0.4 is 0 Å². The van der Waals surface area contributed by atoms with Gasteiger partial charge in [-0.05, 0) is 25.0 Å². The second kappa shape index (κ2) is 9.59. The lowest BCUT2D eigenvalue weighted by Gasteiger charge is -2.32. The highest BCUT2D eigenvalue weighted by Gasteiger charge is 2.81. The molecule has 0 heterocycles. The van der Waals surface area contributed by atoms with Crippen LogP contribution in [0.1, 0.15) is 44.6 Å². The SMILES string of the molecule is CCCCCC/C(C#Cc1ccccc1)=C/C(F)(F)C(F)(F)C(F)(F)C(F)(F)F. The highest BCUT2D eigenvalue weighted by atomic mass is 19.4. The summed E-state index contributed by atoms with van der Waals surface area (Å²) in [5, 5.41) is 0. The summed E-state index contributed by atoms with van der Waals surface area (Å²) >= 11 is 0. The molecular weight excluding hydrogens is 411 g/mol. The van der Waals surface area contributed by atoms with Crippen LogP contribution in [0.25, 0.3) is 0 Å². The van der Waals surface area contributed by atoms with E-state index in [1.165, 1.54) is 12.1 Å². The lowest BCUT2D eigenvalue weighted by Crippen LogP contribution is -2.60. The lowest BCUT2D eigenvalue weighted by molar-refractivity contribution is -0.388. The summed E-state index contributed by atoms with van der Waals surface area (Å²) in [6.45, 7) is 1.86. The summed E-state index contributed by atoms with van der Waals surface area (Å²) < 4.78 is 118. The van der Waals surface area contributed by atoms with Gasteiger partial charge in [-0.25, -0.2) is 0 Å². The summed E-state index contributed by atoms with van der Waals surface area (Å²) in [7, 11) is 0. The van der Waals surface area contributed by atoms with Gasteiger partial charge in [-0.15, -0.1) is 0 Å². The van der Waals surface area contributed by atoms with Crippen molar-refractivity contribution in [3.63, 3.8) is 0 Å². The average molecular weight is 430 g/mol. The maximum absolute atomic E-state index is 13.9. The third-order valence-corrected chi connectivity index (χ3v) is 3.97. The zero-order valence-corrected chi connectivity index (χ0v) is 15.4. The van der Waals surface area contributed by atoms with Crippen LogP contribution in [0.2, 0.25) is 0 Å². The first-order valence-electron chi connectivity index (χ1n) is 8.75. The van der Waals surface area contributed by atoms with Crippen molar-refractivity contribution < 1.29 is 39.5 Å². The van der Waals surface area contributed by atoms with Crippen LogP contribution in [0.5, 0.6) is 0 Å². The first-order valence-corrected chi connectivity index (χ1v) is 8.75. The number of hydrogen-bond donors (Lipinski definition) is 0. The number of unbranched alkanes of at least 4 members (excludes halogenated alkanes) is 3. The van der Waals surface area contributed by atoms with Gasteiger partial charge in [0.15, 0.2) is 0 Å². The molecule has 0 aliphatic rings. The minimum Gasteiger partial charge on any atom is -0.195 e. The second-order valence-corrected chi connectivity index (χ2v) is 6.37. The molecule has 0 radical (unpaired) electrons. The largest absolute Gasteiger partial charge is 0.460 e. The van der Waals surface area contributed by atoms with Gasteiger partial charge in [0, 0.05) is 17.2 Å². The van der Waals surface area contributed by atoms with Gasteiger partial charge in [0.05, 0.1) is 0 Å². The fourth-order valence-corrected chi connectivity index (χ4v) is 2.28. The molecule has 0 aromatic heterocycles. The normalized spacial score (nSPS) is 13.8. The Kier molecular flexibility index (Phi) is 8.25. The predicted octanol–water partition coefficient (Wildman–Crippen LogP) is 7.40. The van der Waals surface area contributed by atoms with Crippen molar-refractivity contribution in [1.82, 2.24) is 0 Å². The van der Waals surface area contributed by atoms with Gasteiger partial charge in [0.2, 0.25) is 0 Å². The molecule has 0 aliphatic heterocycles. The van der Waals surface area contributed by atoms with Gasteiger partial charge in [-0.2, -0.15) is 39.5 Å². The van der Waals surface area contributed by atoms with Crippen molar-refractivity contribution >= 4 is 0 Å². The third kappa shape index (κ3) is 6.18. The van der Waals surface area contributed by atoms with E-state index in [4.69, 9.17) is 0 Å². The number of halogens is 9. The van der Waals surface area contributed by atoms with E-state index in [2.05, 4.69) is 11.8 Å². The Hall–Kier alpha value is -2.11. The minimum atomic E-state index is -6.92. The molecule has 0 bridgehead atoms. The minimum absolute atomic E-state index is 0.237. The van der Waals surface area contributed by atoms with Crippen LogP contribution in [0, 0.1) is 11.8 Å². The molecular formula is C20H19F9. The second-order valence-electron chi connectivity index (χ2n) is 6.37. The molecule has 1 rings (SSSR count). The van der Waals surface area contributed by atoms with Crippen LogP contribution in [0.15, 0.2) is 42.0 Å². The Balaban J connectivity index is 3.28. The van der Waals surface area contributed by atoms with Gasteiger partial charge < -0.3 is 0 Å². The molecule has 0 saturated heterocycles. The fourth-order valence-electron chi connectivity index (χ4n) is 2.28. The van der Waals surface area contributed by atoms with Crippen molar-refractivity contribution in [2.24, 2.45) is 0 Å². The van der Waals surface area contributed by atoms with Gasteiger partial charge >= 0.3 is 23.9 Å². The monoisotopic (exact) mass is 430 g/mol. The fraction of sp³-hybridized carbons (Fsp3) is 0.500. The van der Waals surface area contributed by atoms with Crippen LogP contribution in [-0.2, 0) is 0 Å². The van der Waals surface area contributed by atoms with Gasteiger partial charge in [0.1, 0.15) is 0 Å². The molecule has 29 heavy (non-hydrogen) atoms. The summed E-state index contributed by atoms with van der Waals surface area (Å²) in [6, 6.07) is 7.77. The van der Waals surface area contributed by atoms with E-state index in [-0.39, 0.29) is 12.8 Å². The Morgan fingerprint density at radius 3 is 1.93 bits per heavy atom. The first-order chi connectivity index (χ1) is 13.3. The smallest absolute Gasteiger partial charge is 0.195 e. The Labute approximate surface area is 162 Å². The van der Waals surface area contributed by atoms with E-state index in [9.17, 15) is 39.5 Å². The summed E-state index contributed by atoms with van der Waals surface area (Å²) in [5.74, 6) is -14.7. The lowest BCUT2D eigenvalue weighted by atomic mass is 9.98. The zero-order valence-electron chi connectivity index (χ0n) is 15.4. The first kappa shape index (κ1) is 24.9. The van der Waals surface area contributed by atoms with E-state index in [0.717, 1.165) is 6.42 Å². The standard InChI is InChI=1S/C20H19F9/c1-2-3-4-6-11-16(13-12-15-9-7-5-8-10-15)14-17(21,22)18(23,24)19(25,26)20(27,28)29/h5,7-10,14H,2-4,6,11H2,1H3/b16-14-. The summed E-state index contributed by atoms with van der Waals surface area (Å²) in [6.07, 6.45) is -5.43. The average Bonchev–Trinajstić information content (AvgIpc) is 2.62. The van der Waals surface area contributed by atoms with E-state index in [1.807, 2.05) is 6.92 Å². The number of alkyl halides is 9. The van der Waals surface area contributed by atoms with E-state index >= 15 is 0 Å². The summed E-state index contributed by atoms with van der Waals surface area (Å²) in [5.41, 5.74) is -0.296. The van der Waals surface area contributed by atoms with Gasteiger partial charge in [-0.3, -0.25) is 0 Å². The number of benzene rings is 1. The number of hydrogen-bond acceptors (Lipinski definition) is 0. The molecule has 1 aromatic rings. The Bertz CT molecular complexity index is 735. The quantitative estimate of drug-likeness (QED) is 0.229. The molecule has 0 amide bonds. The molecule has 1 aromatic carbocycles. The van der Waals surface area contributed by atoms with E-state index < -0.39 is 35.6 Å². The molecule has 0 N–H and O–H groups in total. The van der Waals surface area contributed by atoms with Crippen LogP contribution >= 0.6 is 0 Å². The highest BCUT2D eigenvalue weighted by molar-refractivity contribution is 5.41.